The number of Topliss-reactive ketones (excluding diaryl/α,β-unsaturated/α-hetero) is 3. The van der Waals surface area contributed by atoms with Crippen LogP contribution in [0.5, 0.6) is 0 Å². The van der Waals surface area contributed by atoms with Gasteiger partial charge < -0.3 is 0 Å². The second kappa shape index (κ2) is 18.7. The van der Waals surface area contributed by atoms with Crippen molar-refractivity contribution in [3.05, 3.63) is 58.7 Å². The molecule has 0 heterocycles. The molecule has 40 heavy (non-hydrogen) atoms. The fraction of sp³-hybridized carbons (Fsp3) is 0.595. The van der Waals surface area contributed by atoms with Crippen LogP contribution in [0.15, 0.2) is 36.4 Å². The van der Waals surface area contributed by atoms with Crippen molar-refractivity contribution < 1.29 is 14.4 Å². The first-order chi connectivity index (χ1) is 19.1. The van der Waals surface area contributed by atoms with E-state index in [-0.39, 0.29) is 41.5 Å². The molecule has 0 N–H and O–H groups in total. The first-order valence-electron chi connectivity index (χ1n) is 15.9. The van der Waals surface area contributed by atoms with Crippen LogP contribution in [0.1, 0.15) is 134 Å². The summed E-state index contributed by atoms with van der Waals surface area (Å²) in [4.78, 5) is 37.7. The summed E-state index contributed by atoms with van der Waals surface area (Å²) >= 11 is 0. The molecule has 2 aromatic rings. The summed E-state index contributed by atoms with van der Waals surface area (Å²) in [6, 6.07) is 12.9. The number of benzene rings is 2. The Bertz CT molecular complexity index is 1060. The van der Waals surface area contributed by atoms with Gasteiger partial charge in [-0.05, 0) is 79.2 Å². The van der Waals surface area contributed by atoms with Crippen molar-refractivity contribution in [1.82, 2.24) is 0 Å². The van der Waals surface area contributed by atoms with Crippen molar-refractivity contribution in [2.24, 2.45) is 17.8 Å². The van der Waals surface area contributed by atoms with Crippen molar-refractivity contribution in [2.45, 2.75) is 127 Å². The van der Waals surface area contributed by atoms with Gasteiger partial charge in [0.05, 0.1) is 6.42 Å². The van der Waals surface area contributed by atoms with Gasteiger partial charge in [0.15, 0.2) is 5.78 Å². The van der Waals surface area contributed by atoms with Crippen LogP contribution >= 0.6 is 0 Å². The van der Waals surface area contributed by atoms with Gasteiger partial charge in [0.1, 0.15) is 11.6 Å². The monoisotopic (exact) mass is 548 g/mol. The lowest BCUT2D eigenvalue weighted by atomic mass is 9.71. The number of aryl methyl sites for hydroxylation is 1. The number of carbonyl (C=O) groups is 3. The number of hydrogen-bond donors (Lipinski definition) is 0. The lowest BCUT2D eigenvalue weighted by molar-refractivity contribution is -0.129. The fourth-order valence-electron chi connectivity index (χ4n) is 5.96. The smallest absolute Gasteiger partial charge is 0.163 e. The lowest BCUT2D eigenvalue weighted by Gasteiger charge is -2.32. The molecule has 0 amide bonds. The van der Waals surface area contributed by atoms with E-state index in [0.29, 0.717) is 6.42 Å². The standard InChI is InChI=1S/C31H40O3.2C3H8/c1-6-9-25(27(8-3)29(33)16-20(4)32)17-23-18-26-14-15-28(21(5)31(26)30(34)19-23)24-12-10-22(7-2)11-13-24;2*1-3-2/h10-15,23,25,27H,6-9,16-19H2,1-5H3;2*3H2,1-2H3. The van der Waals surface area contributed by atoms with Gasteiger partial charge in [0.25, 0.3) is 0 Å². The van der Waals surface area contributed by atoms with Crippen molar-refractivity contribution >= 4 is 17.3 Å². The van der Waals surface area contributed by atoms with E-state index in [4.69, 9.17) is 0 Å². The summed E-state index contributed by atoms with van der Waals surface area (Å²) < 4.78 is 0. The first kappa shape index (κ1) is 35.5. The van der Waals surface area contributed by atoms with Gasteiger partial charge in [-0.15, -0.1) is 0 Å². The van der Waals surface area contributed by atoms with Crippen LogP contribution < -0.4 is 0 Å². The van der Waals surface area contributed by atoms with Crippen molar-refractivity contribution in [1.29, 1.82) is 0 Å². The molecule has 3 heteroatoms. The third kappa shape index (κ3) is 10.5. The largest absolute Gasteiger partial charge is 0.300 e. The number of ketones is 3. The Morgan fingerprint density at radius 1 is 0.875 bits per heavy atom. The molecule has 222 valence electrons. The maximum absolute atomic E-state index is 13.3. The Labute approximate surface area is 245 Å². The zero-order valence-electron chi connectivity index (χ0n) is 27.0. The number of hydrogen-bond acceptors (Lipinski definition) is 3. The topological polar surface area (TPSA) is 51.2 Å². The molecule has 3 rings (SSSR count). The van der Waals surface area contributed by atoms with E-state index in [2.05, 4.69) is 84.9 Å². The summed E-state index contributed by atoms with van der Waals surface area (Å²) in [5.74, 6) is 0.648. The van der Waals surface area contributed by atoms with Gasteiger partial charge in [0.2, 0.25) is 0 Å². The van der Waals surface area contributed by atoms with Crippen molar-refractivity contribution in [3.63, 3.8) is 0 Å². The van der Waals surface area contributed by atoms with E-state index in [1.807, 2.05) is 6.92 Å². The SMILES string of the molecule is CCC.CCC.CCCC(CC1CC(=O)c2c(ccc(-c3ccc(CC)cc3)c2C)C1)C(CC)C(=O)CC(C)=O. The molecular formula is C37H56O3. The second-order valence-corrected chi connectivity index (χ2v) is 11.6. The van der Waals surface area contributed by atoms with Crippen LogP contribution in [-0.2, 0) is 22.4 Å². The molecule has 3 nitrogen and oxygen atoms in total. The van der Waals surface area contributed by atoms with Gasteiger partial charge in [0, 0.05) is 17.9 Å². The minimum Gasteiger partial charge on any atom is -0.300 e. The molecule has 0 aliphatic heterocycles. The fourth-order valence-corrected chi connectivity index (χ4v) is 5.96. The summed E-state index contributed by atoms with van der Waals surface area (Å²) in [5, 5.41) is 0. The summed E-state index contributed by atoms with van der Waals surface area (Å²) in [5.41, 5.74) is 6.74. The number of fused-ring (bicyclic) bond motifs is 1. The predicted molar refractivity (Wildman–Crippen MR) is 171 cm³/mol. The highest BCUT2D eigenvalue weighted by Gasteiger charge is 2.33. The average Bonchev–Trinajstić information content (AvgIpc) is 2.90. The van der Waals surface area contributed by atoms with Gasteiger partial charge in [-0.2, -0.15) is 0 Å². The lowest BCUT2D eigenvalue weighted by Crippen LogP contribution is -2.29. The van der Waals surface area contributed by atoms with Crippen molar-refractivity contribution in [2.75, 3.05) is 0 Å². The van der Waals surface area contributed by atoms with Gasteiger partial charge >= 0.3 is 0 Å². The molecule has 0 fully saturated rings. The van der Waals surface area contributed by atoms with E-state index in [1.54, 1.807) is 0 Å². The van der Waals surface area contributed by atoms with Gasteiger partial charge in [-0.25, -0.2) is 0 Å². The molecule has 0 bridgehead atoms. The third-order valence-electron chi connectivity index (χ3n) is 7.63. The van der Waals surface area contributed by atoms with E-state index >= 15 is 0 Å². The number of carbonyl (C=O) groups excluding carboxylic acids is 3. The second-order valence-electron chi connectivity index (χ2n) is 11.6. The molecule has 3 atom stereocenters. The predicted octanol–water partition coefficient (Wildman–Crippen LogP) is 10.2. The maximum Gasteiger partial charge on any atom is 0.163 e. The quantitative estimate of drug-likeness (QED) is 0.262. The Morgan fingerprint density at radius 3 is 1.98 bits per heavy atom. The molecule has 1 aliphatic rings. The molecule has 3 unspecified atom stereocenters. The molecular weight excluding hydrogens is 492 g/mol. The van der Waals surface area contributed by atoms with Crippen molar-refractivity contribution in [3.8, 4) is 11.1 Å². The van der Waals surface area contributed by atoms with E-state index in [0.717, 1.165) is 66.3 Å². The molecule has 0 aromatic heterocycles. The third-order valence-corrected chi connectivity index (χ3v) is 7.63. The van der Waals surface area contributed by atoms with Gasteiger partial charge in [-0.3, -0.25) is 14.4 Å². The van der Waals surface area contributed by atoms with E-state index in [1.165, 1.54) is 25.3 Å². The number of rotatable bonds is 11. The van der Waals surface area contributed by atoms with Crippen LogP contribution in [0.25, 0.3) is 11.1 Å². The minimum absolute atomic E-state index is 0.0341. The Kier molecular flexibility index (Phi) is 16.6. The maximum atomic E-state index is 13.3. The molecule has 0 radical (unpaired) electrons. The van der Waals surface area contributed by atoms with E-state index < -0.39 is 0 Å². The highest BCUT2D eigenvalue weighted by molar-refractivity contribution is 6.02. The average molecular weight is 549 g/mol. The zero-order chi connectivity index (χ0) is 30.2. The van der Waals surface area contributed by atoms with Crippen LogP contribution in [-0.4, -0.2) is 17.3 Å². The summed E-state index contributed by atoms with van der Waals surface area (Å²) in [7, 11) is 0. The summed E-state index contributed by atoms with van der Waals surface area (Å²) in [6.07, 6.45) is 8.58. The summed E-state index contributed by atoms with van der Waals surface area (Å²) in [6.45, 7) is 18.4. The van der Waals surface area contributed by atoms with Crippen LogP contribution in [0.3, 0.4) is 0 Å². The van der Waals surface area contributed by atoms with Crippen LogP contribution in [0.2, 0.25) is 0 Å². The zero-order valence-corrected chi connectivity index (χ0v) is 27.0. The highest BCUT2D eigenvalue weighted by Crippen LogP contribution is 2.38. The van der Waals surface area contributed by atoms with Gasteiger partial charge in [-0.1, -0.05) is 111 Å². The normalized spacial score (nSPS) is 15.5. The molecule has 0 saturated carbocycles. The molecule has 0 spiro atoms. The van der Waals surface area contributed by atoms with E-state index in [9.17, 15) is 14.4 Å². The Morgan fingerprint density at radius 2 is 1.48 bits per heavy atom. The Hall–Kier alpha value is -2.55. The minimum atomic E-state index is -0.0875. The van der Waals surface area contributed by atoms with Crippen LogP contribution in [0.4, 0.5) is 0 Å². The molecule has 2 aromatic carbocycles. The highest BCUT2D eigenvalue weighted by atomic mass is 16.1. The molecule has 1 aliphatic carbocycles. The molecule has 0 saturated heterocycles. The first-order valence-corrected chi connectivity index (χ1v) is 15.9. The Balaban J connectivity index is 0.00000122. The van der Waals surface area contributed by atoms with Crippen LogP contribution in [0, 0.1) is 24.7 Å².